The molecule has 0 unspecified atom stereocenters. The number of rotatable bonds is 3. The Morgan fingerprint density at radius 1 is 1.06 bits per heavy atom. The van der Waals surface area contributed by atoms with Crippen molar-refractivity contribution in [2.24, 2.45) is 9.50 Å². The topological polar surface area (TPSA) is 80.6 Å². The summed E-state index contributed by atoms with van der Waals surface area (Å²) in [7, 11) is -2.96. The van der Waals surface area contributed by atoms with Gasteiger partial charge in [-0.2, -0.15) is 13.5 Å². The Balaban J connectivity index is 1.62. The third-order valence-electron chi connectivity index (χ3n) is 5.81. The van der Waals surface area contributed by atoms with Crippen LogP contribution in [0.2, 0.25) is 0 Å². The van der Waals surface area contributed by atoms with Crippen LogP contribution in [0.25, 0.3) is 0 Å². The fraction of sp³-hybridized carbons (Fsp3) is 0.333. The van der Waals surface area contributed by atoms with E-state index < -0.39 is 28.3 Å². The van der Waals surface area contributed by atoms with Crippen molar-refractivity contribution in [1.29, 1.82) is 0 Å². The quantitative estimate of drug-likeness (QED) is 0.414. The predicted octanol–water partition coefficient (Wildman–Crippen LogP) is 2.54. The molecule has 10 heteroatoms. The van der Waals surface area contributed by atoms with Gasteiger partial charge in [-0.1, -0.05) is 24.3 Å². The molecule has 31 heavy (non-hydrogen) atoms. The van der Waals surface area contributed by atoms with Crippen LogP contribution in [-0.4, -0.2) is 50.8 Å². The molecule has 0 radical (unpaired) electrons. The van der Waals surface area contributed by atoms with Crippen LogP contribution < -0.4 is 5.46 Å². The summed E-state index contributed by atoms with van der Waals surface area (Å²) in [5.74, 6) is -0.141. The summed E-state index contributed by atoms with van der Waals surface area (Å²) in [6.07, 6.45) is 1.51. The highest BCUT2D eigenvalue weighted by Gasteiger charge is 2.52. The fourth-order valence-corrected chi connectivity index (χ4v) is 4.53. The second kappa shape index (κ2) is 7.25. The Kier molecular flexibility index (Phi) is 5.07. The van der Waals surface area contributed by atoms with E-state index in [1.54, 1.807) is 37.4 Å². The molecular formula is C21H23BFN3O4S. The van der Waals surface area contributed by atoms with Gasteiger partial charge in [-0.15, -0.1) is 4.40 Å². The van der Waals surface area contributed by atoms with Gasteiger partial charge in [0, 0.05) is 12.6 Å². The lowest BCUT2D eigenvalue weighted by molar-refractivity contribution is 0.00578. The van der Waals surface area contributed by atoms with Gasteiger partial charge in [-0.25, -0.2) is 9.40 Å². The molecule has 1 saturated heterocycles. The summed E-state index contributed by atoms with van der Waals surface area (Å²) in [5.41, 5.74) is 0.652. The average Bonchev–Trinajstić information content (AvgIpc) is 3.09. The number of hydrazone groups is 1. The molecule has 0 amide bonds. The summed E-state index contributed by atoms with van der Waals surface area (Å²) in [6.45, 7) is 7.75. The molecule has 2 aliphatic rings. The zero-order valence-corrected chi connectivity index (χ0v) is 18.8. The van der Waals surface area contributed by atoms with E-state index in [-0.39, 0.29) is 16.5 Å². The normalized spacial score (nSPS) is 20.7. The first-order valence-electron chi connectivity index (χ1n) is 9.78. The second-order valence-electron chi connectivity index (χ2n) is 8.55. The summed E-state index contributed by atoms with van der Waals surface area (Å²) >= 11 is 0. The van der Waals surface area contributed by atoms with Crippen LogP contribution >= 0.6 is 0 Å². The van der Waals surface area contributed by atoms with Crippen LogP contribution in [0.1, 0.15) is 38.8 Å². The van der Waals surface area contributed by atoms with Crippen molar-refractivity contribution in [3.63, 3.8) is 0 Å². The lowest BCUT2D eigenvalue weighted by Gasteiger charge is -2.32. The number of nitrogens with zero attached hydrogens (tertiary/aromatic N) is 3. The Bertz CT molecular complexity index is 1180. The van der Waals surface area contributed by atoms with E-state index >= 15 is 0 Å². The lowest BCUT2D eigenvalue weighted by atomic mass is 9.79. The summed E-state index contributed by atoms with van der Waals surface area (Å²) < 4.78 is 54.4. The Labute approximate surface area is 181 Å². The SMILES string of the molecule is CN(/N=C/c1ccc(F)cc1)C1=NS(=O)(=O)c2cc(B3OC(C)(C)C(C)(C)O3)ccc21. The van der Waals surface area contributed by atoms with E-state index in [1.165, 1.54) is 23.4 Å². The number of hydrogen-bond donors (Lipinski definition) is 0. The van der Waals surface area contributed by atoms with E-state index in [9.17, 15) is 12.8 Å². The van der Waals surface area contributed by atoms with Gasteiger partial charge in [0.25, 0.3) is 10.0 Å². The summed E-state index contributed by atoms with van der Waals surface area (Å²) in [4.78, 5) is 0.0820. The van der Waals surface area contributed by atoms with Gasteiger partial charge in [-0.05, 0) is 56.9 Å². The number of benzene rings is 2. The number of halogens is 1. The van der Waals surface area contributed by atoms with Crippen molar-refractivity contribution >= 4 is 34.7 Å². The highest BCUT2D eigenvalue weighted by atomic mass is 32.2. The average molecular weight is 443 g/mol. The zero-order chi connectivity index (χ0) is 22.6. The molecule has 2 aromatic carbocycles. The van der Waals surface area contributed by atoms with Crippen LogP contribution in [0, 0.1) is 5.82 Å². The number of hydrogen-bond acceptors (Lipinski definition) is 6. The number of sulfonamides is 1. The highest BCUT2D eigenvalue weighted by Crippen LogP contribution is 2.37. The van der Waals surface area contributed by atoms with Crippen molar-refractivity contribution in [1.82, 2.24) is 5.01 Å². The van der Waals surface area contributed by atoms with E-state index in [1.807, 2.05) is 27.7 Å². The van der Waals surface area contributed by atoms with Crippen LogP contribution in [0.3, 0.4) is 0 Å². The van der Waals surface area contributed by atoms with Gasteiger partial charge >= 0.3 is 7.12 Å². The van der Waals surface area contributed by atoms with Gasteiger partial charge in [0.15, 0.2) is 5.84 Å². The fourth-order valence-electron chi connectivity index (χ4n) is 3.27. The monoisotopic (exact) mass is 443 g/mol. The molecule has 2 heterocycles. The molecule has 0 bridgehead atoms. The smallest absolute Gasteiger partial charge is 0.399 e. The molecule has 2 aromatic rings. The number of amidine groups is 1. The minimum atomic E-state index is -3.89. The maximum atomic E-state index is 13.1. The molecule has 0 saturated carbocycles. The van der Waals surface area contributed by atoms with Crippen molar-refractivity contribution in [3.05, 3.63) is 59.4 Å². The van der Waals surface area contributed by atoms with Crippen molar-refractivity contribution in [3.8, 4) is 0 Å². The van der Waals surface area contributed by atoms with E-state index in [0.717, 1.165) is 0 Å². The third-order valence-corrected chi connectivity index (χ3v) is 7.12. The van der Waals surface area contributed by atoms with Crippen molar-refractivity contribution in [2.45, 2.75) is 43.8 Å². The Morgan fingerprint density at radius 3 is 2.29 bits per heavy atom. The second-order valence-corrected chi connectivity index (χ2v) is 10.1. The molecule has 0 atom stereocenters. The highest BCUT2D eigenvalue weighted by molar-refractivity contribution is 7.90. The minimum absolute atomic E-state index is 0.0820. The van der Waals surface area contributed by atoms with Crippen molar-refractivity contribution in [2.75, 3.05) is 7.05 Å². The lowest BCUT2D eigenvalue weighted by Crippen LogP contribution is -2.41. The zero-order valence-electron chi connectivity index (χ0n) is 18.0. The van der Waals surface area contributed by atoms with Crippen LogP contribution in [0.5, 0.6) is 0 Å². The van der Waals surface area contributed by atoms with Crippen LogP contribution in [0.4, 0.5) is 4.39 Å². The number of fused-ring (bicyclic) bond motifs is 1. The molecule has 162 valence electrons. The molecule has 0 N–H and O–H groups in total. The molecule has 0 spiro atoms. The first-order valence-corrected chi connectivity index (χ1v) is 11.2. The third kappa shape index (κ3) is 3.91. The first-order chi connectivity index (χ1) is 14.4. The molecule has 2 aliphatic heterocycles. The van der Waals surface area contributed by atoms with Crippen LogP contribution in [-0.2, 0) is 19.3 Å². The molecule has 0 aliphatic carbocycles. The molecule has 4 rings (SSSR count). The Morgan fingerprint density at radius 2 is 1.68 bits per heavy atom. The Hall–Kier alpha value is -2.56. The van der Waals surface area contributed by atoms with Gasteiger partial charge in [0.2, 0.25) is 0 Å². The van der Waals surface area contributed by atoms with E-state index in [0.29, 0.717) is 16.6 Å². The molecular weight excluding hydrogens is 420 g/mol. The molecule has 7 nitrogen and oxygen atoms in total. The van der Waals surface area contributed by atoms with Gasteiger partial charge in [0.1, 0.15) is 10.7 Å². The van der Waals surface area contributed by atoms with E-state index in [2.05, 4.69) is 9.50 Å². The minimum Gasteiger partial charge on any atom is -0.399 e. The maximum absolute atomic E-state index is 13.1. The van der Waals surface area contributed by atoms with E-state index in [4.69, 9.17) is 9.31 Å². The molecule has 0 aromatic heterocycles. The molecule has 1 fully saturated rings. The van der Waals surface area contributed by atoms with Gasteiger partial charge in [-0.3, -0.25) is 0 Å². The summed E-state index contributed by atoms with van der Waals surface area (Å²) in [6, 6.07) is 10.8. The van der Waals surface area contributed by atoms with Gasteiger partial charge < -0.3 is 9.31 Å². The van der Waals surface area contributed by atoms with Crippen LogP contribution in [0.15, 0.2) is 56.9 Å². The predicted molar refractivity (Wildman–Crippen MR) is 118 cm³/mol. The largest absolute Gasteiger partial charge is 0.494 e. The summed E-state index contributed by atoms with van der Waals surface area (Å²) in [5, 5.41) is 5.63. The standard InChI is InChI=1S/C21H23BFN3O4S/c1-20(2)21(3,4)30-22(29-20)15-8-11-17-18(12-15)31(27,28)25-19(17)26(5)24-13-14-6-9-16(23)10-7-14/h6-13H,1-5H3/b24-13+. The van der Waals surface area contributed by atoms with Crippen molar-refractivity contribution < 1.29 is 22.1 Å². The van der Waals surface area contributed by atoms with Gasteiger partial charge in [0.05, 0.1) is 17.4 Å². The first kappa shape index (κ1) is 21.7. The maximum Gasteiger partial charge on any atom is 0.494 e.